The first-order valence-corrected chi connectivity index (χ1v) is 5.88. The van der Waals surface area contributed by atoms with E-state index in [9.17, 15) is 14.7 Å². The normalized spacial score (nSPS) is 11.0. The van der Waals surface area contributed by atoms with Crippen molar-refractivity contribution in [1.82, 2.24) is 14.7 Å². The summed E-state index contributed by atoms with van der Waals surface area (Å²) in [6.07, 6.45) is 1.51. The third-order valence-electron chi connectivity index (χ3n) is 2.09. The largest absolute Gasteiger partial charge is 0.492 e. The summed E-state index contributed by atoms with van der Waals surface area (Å²) >= 11 is 1.21. The van der Waals surface area contributed by atoms with Crippen LogP contribution >= 0.6 is 11.3 Å². The molecule has 7 heteroatoms. The number of fused-ring (bicyclic) bond motifs is 1. The van der Waals surface area contributed by atoms with Crippen LogP contribution in [0.25, 0.3) is 4.96 Å². The molecule has 0 radical (unpaired) electrons. The zero-order chi connectivity index (χ0) is 12.6. The van der Waals surface area contributed by atoms with Gasteiger partial charge in [-0.1, -0.05) is 0 Å². The van der Waals surface area contributed by atoms with Gasteiger partial charge in [0.05, 0.1) is 0 Å². The molecular weight excluding hydrogens is 242 g/mol. The number of aromatic hydroxyl groups is 1. The Morgan fingerprint density at radius 2 is 2.29 bits per heavy atom. The second kappa shape index (κ2) is 4.17. The van der Waals surface area contributed by atoms with Gasteiger partial charge in [0.2, 0.25) is 5.88 Å². The molecule has 0 saturated carbocycles. The fourth-order valence-corrected chi connectivity index (χ4v) is 2.10. The molecule has 90 valence electrons. The molecule has 0 aliphatic heterocycles. The molecule has 17 heavy (non-hydrogen) atoms. The molecule has 0 aliphatic carbocycles. The van der Waals surface area contributed by atoms with E-state index in [0.717, 1.165) is 0 Å². The van der Waals surface area contributed by atoms with Crippen LogP contribution in [-0.2, 0) is 0 Å². The summed E-state index contributed by atoms with van der Waals surface area (Å²) in [4.78, 5) is 27.8. The van der Waals surface area contributed by atoms with Crippen molar-refractivity contribution >= 4 is 22.2 Å². The van der Waals surface area contributed by atoms with E-state index in [1.54, 1.807) is 19.2 Å². The Balaban J connectivity index is 2.60. The smallest absolute Gasteiger partial charge is 0.275 e. The first-order valence-electron chi connectivity index (χ1n) is 5.00. The van der Waals surface area contributed by atoms with Crippen molar-refractivity contribution < 1.29 is 9.90 Å². The van der Waals surface area contributed by atoms with E-state index in [1.165, 1.54) is 21.9 Å². The van der Waals surface area contributed by atoms with Gasteiger partial charge in [-0.25, -0.2) is 0 Å². The molecule has 6 nitrogen and oxygen atoms in total. The van der Waals surface area contributed by atoms with Crippen LogP contribution in [0.15, 0.2) is 16.4 Å². The van der Waals surface area contributed by atoms with E-state index in [1.807, 2.05) is 0 Å². The number of carbonyl (C=O) groups is 1. The fourth-order valence-electron chi connectivity index (χ4n) is 1.40. The summed E-state index contributed by atoms with van der Waals surface area (Å²) in [6, 6.07) is -0.121. The zero-order valence-electron chi connectivity index (χ0n) is 9.30. The third-order valence-corrected chi connectivity index (χ3v) is 2.85. The Morgan fingerprint density at radius 1 is 1.59 bits per heavy atom. The summed E-state index contributed by atoms with van der Waals surface area (Å²) in [5, 5.41) is 13.8. The molecule has 1 amide bonds. The molecule has 2 N–H and O–H groups in total. The van der Waals surface area contributed by atoms with E-state index < -0.39 is 17.3 Å². The monoisotopic (exact) mass is 253 g/mol. The molecule has 0 aromatic carbocycles. The van der Waals surface area contributed by atoms with E-state index in [4.69, 9.17) is 0 Å². The number of thiazole rings is 1. The Morgan fingerprint density at radius 3 is 2.94 bits per heavy atom. The minimum atomic E-state index is -0.615. The average Bonchev–Trinajstić information content (AvgIpc) is 2.64. The van der Waals surface area contributed by atoms with Crippen LogP contribution in [-0.4, -0.2) is 26.4 Å². The second-order valence-corrected chi connectivity index (χ2v) is 4.67. The summed E-state index contributed by atoms with van der Waals surface area (Å²) in [7, 11) is 0. The lowest BCUT2D eigenvalue weighted by molar-refractivity contribution is 0.0938. The van der Waals surface area contributed by atoms with E-state index >= 15 is 0 Å². The topological polar surface area (TPSA) is 83.7 Å². The maximum absolute atomic E-state index is 11.9. The van der Waals surface area contributed by atoms with Gasteiger partial charge in [0, 0.05) is 17.6 Å². The maximum Gasteiger partial charge on any atom is 0.275 e. The van der Waals surface area contributed by atoms with Gasteiger partial charge >= 0.3 is 0 Å². The third kappa shape index (κ3) is 2.01. The molecule has 0 bridgehead atoms. The van der Waals surface area contributed by atoms with Gasteiger partial charge in [0.15, 0.2) is 10.5 Å². The number of amides is 1. The number of carbonyl (C=O) groups excluding carboxylic acids is 1. The molecule has 0 unspecified atom stereocenters. The molecule has 2 heterocycles. The Labute approximate surface area is 101 Å². The highest BCUT2D eigenvalue weighted by molar-refractivity contribution is 7.15. The van der Waals surface area contributed by atoms with E-state index in [2.05, 4.69) is 10.3 Å². The van der Waals surface area contributed by atoms with E-state index in [-0.39, 0.29) is 11.6 Å². The van der Waals surface area contributed by atoms with Gasteiger partial charge < -0.3 is 10.4 Å². The van der Waals surface area contributed by atoms with Crippen LogP contribution in [0.5, 0.6) is 5.88 Å². The summed E-state index contributed by atoms with van der Waals surface area (Å²) in [5.74, 6) is -1.15. The summed E-state index contributed by atoms with van der Waals surface area (Å²) in [6.45, 7) is 3.53. The molecule has 2 rings (SSSR count). The summed E-state index contributed by atoms with van der Waals surface area (Å²) in [5.41, 5.74) is -0.887. The molecule has 2 aromatic heterocycles. The van der Waals surface area contributed by atoms with Gasteiger partial charge in [-0.05, 0) is 13.8 Å². The van der Waals surface area contributed by atoms with Crippen molar-refractivity contribution in [2.75, 3.05) is 0 Å². The Kier molecular flexibility index (Phi) is 2.84. The first-order chi connectivity index (χ1) is 8.00. The second-order valence-electron chi connectivity index (χ2n) is 3.80. The van der Waals surface area contributed by atoms with Crippen molar-refractivity contribution in [3.05, 3.63) is 27.5 Å². The first kappa shape index (κ1) is 11.6. The predicted octanol–water partition coefficient (Wildman–Crippen LogP) is 0.600. The van der Waals surface area contributed by atoms with Gasteiger partial charge in [0.1, 0.15) is 0 Å². The van der Waals surface area contributed by atoms with Crippen molar-refractivity contribution in [2.45, 2.75) is 19.9 Å². The number of aromatic nitrogens is 2. The van der Waals surface area contributed by atoms with Gasteiger partial charge in [-0.3, -0.25) is 14.0 Å². The number of hydrogen-bond donors (Lipinski definition) is 2. The van der Waals surface area contributed by atoms with Crippen molar-refractivity contribution in [1.29, 1.82) is 0 Å². The number of rotatable bonds is 2. The van der Waals surface area contributed by atoms with Crippen molar-refractivity contribution in [3.63, 3.8) is 0 Å². The highest BCUT2D eigenvalue weighted by Gasteiger charge is 2.20. The number of hydrogen-bond acceptors (Lipinski definition) is 5. The Hall–Kier alpha value is -1.89. The molecule has 2 aromatic rings. The van der Waals surface area contributed by atoms with Gasteiger partial charge in [-0.2, -0.15) is 4.98 Å². The lowest BCUT2D eigenvalue weighted by Crippen LogP contribution is -2.35. The SMILES string of the molecule is CC(C)NC(=O)c1c(O)nc2sccn2c1=O. The quantitative estimate of drug-likeness (QED) is 0.821. The van der Waals surface area contributed by atoms with Crippen LogP contribution in [0.2, 0.25) is 0 Å². The van der Waals surface area contributed by atoms with Crippen molar-refractivity contribution in [2.24, 2.45) is 0 Å². The van der Waals surface area contributed by atoms with Gasteiger partial charge in [-0.15, -0.1) is 11.3 Å². The standard InChI is InChI=1S/C10H11N3O3S/c1-5(2)11-7(14)6-8(15)12-10-13(9(6)16)3-4-17-10/h3-5,15H,1-2H3,(H,11,14). The van der Waals surface area contributed by atoms with Crippen LogP contribution < -0.4 is 10.9 Å². The minimum Gasteiger partial charge on any atom is -0.492 e. The molecule has 0 atom stereocenters. The minimum absolute atomic E-state index is 0.121. The molecule has 0 fully saturated rings. The predicted molar refractivity (Wildman–Crippen MR) is 63.6 cm³/mol. The molecular formula is C10H11N3O3S. The van der Waals surface area contributed by atoms with Crippen LogP contribution in [0.3, 0.4) is 0 Å². The lowest BCUT2D eigenvalue weighted by atomic mass is 10.2. The Bertz CT molecular complexity index is 629. The van der Waals surface area contributed by atoms with E-state index in [0.29, 0.717) is 4.96 Å². The maximum atomic E-state index is 11.9. The number of nitrogens with one attached hydrogen (secondary N) is 1. The molecule has 0 saturated heterocycles. The lowest BCUT2D eigenvalue weighted by Gasteiger charge is -2.08. The van der Waals surface area contributed by atoms with Gasteiger partial charge in [0.25, 0.3) is 11.5 Å². The van der Waals surface area contributed by atoms with Crippen molar-refractivity contribution in [3.8, 4) is 5.88 Å². The van der Waals surface area contributed by atoms with Crippen LogP contribution in [0.1, 0.15) is 24.2 Å². The fraction of sp³-hybridized carbons (Fsp3) is 0.300. The molecule has 0 spiro atoms. The zero-order valence-corrected chi connectivity index (χ0v) is 10.1. The van der Waals surface area contributed by atoms with Crippen LogP contribution in [0.4, 0.5) is 0 Å². The van der Waals surface area contributed by atoms with Crippen LogP contribution in [0, 0.1) is 0 Å². The average molecular weight is 253 g/mol. The number of nitrogens with zero attached hydrogens (tertiary/aromatic N) is 2. The molecule has 0 aliphatic rings. The highest BCUT2D eigenvalue weighted by atomic mass is 32.1. The highest BCUT2D eigenvalue weighted by Crippen LogP contribution is 2.14. The summed E-state index contributed by atoms with van der Waals surface area (Å²) < 4.78 is 1.24.